The third-order valence-corrected chi connectivity index (χ3v) is 5.66. The fraction of sp³-hybridized carbons (Fsp3) is 0.391. The number of carbonyl (C=O) groups excluding carboxylic acids is 2. The third kappa shape index (κ3) is 4.57. The molecule has 0 unspecified atom stereocenters. The van der Waals surface area contributed by atoms with Crippen LogP contribution in [0.25, 0.3) is 0 Å². The van der Waals surface area contributed by atoms with Crippen molar-refractivity contribution in [2.24, 2.45) is 0 Å². The number of methoxy groups -OCH3 is 1. The van der Waals surface area contributed by atoms with Crippen molar-refractivity contribution in [1.29, 1.82) is 0 Å². The predicted molar refractivity (Wildman–Crippen MR) is 118 cm³/mol. The highest BCUT2D eigenvalue weighted by Gasteiger charge is 2.36. The quantitative estimate of drug-likeness (QED) is 0.638. The van der Waals surface area contributed by atoms with Gasteiger partial charge in [-0.15, -0.1) is 0 Å². The van der Waals surface area contributed by atoms with Crippen LogP contribution in [0.1, 0.15) is 18.7 Å². The first kappa shape index (κ1) is 21.8. The van der Waals surface area contributed by atoms with Gasteiger partial charge < -0.3 is 29.4 Å². The smallest absolute Gasteiger partial charge is 0.338 e. The van der Waals surface area contributed by atoms with Crippen LogP contribution in [0.5, 0.6) is 5.75 Å². The number of amides is 2. The molecule has 0 spiro atoms. The fourth-order valence-corrected chi connectivity index (χ4v) is 4.12. The van der Waals surface area contributed by atoms with Crippen molar-refractivity contribution in [1.82, 2.24) is 15.5 Å². The summed E-state index contributed by atoms with van der Waals surface area (Å²) in [5.41, 5.74) is 1.97. The van der Waals surface area contributed by atoms with Crippen molar-refractivity contribution >= 4 is 17.7 Å². The van der Waals surface area contributed by atoms with E-state index in [9.17, 15) is 9.59 Å². The summed E-state index contributed by atoms with van der Waals surface area (Å²) in [5, 5.41) is 5.59. The van der Waals surface area contributed by atoms with Crippen molar-refractivity contribution < 1.29 is 23.5 Å². The summed E-state index contributed by atoms with van der Waals surface area (Å²) >= 11 is 0. The van der Waals surface area contributed by atoms with Crippen molar-refractivity contribution in [3.63, 3.8) is 0 Å². The molecule has 2 amide bonds. The van der Waals surface area contributed by atoms with Crippen molar-refractivity contribution in [2.75, 3.05) is 51.3 Å². The average molecular weight is 441 g/mol. The van der Waals surface area contributed by atoms with E-state index in [-0.39, 0.29) is 12.6 Å². The Labute approximate surface area is 186 Å². The molecule has 3 heterocycles. The number of piperazine rings is 1. The van der Waals surface area contributed by atoms with Crippen LogP contribution in [0.4, 0.5) is 10.5 Å². The molecule has 1 aromatic carbocycles. The Morgan fingerprint density at radius 3 is 2.62 bits per heavy atom. The minimum absolute atomic E-state index is 0.242. The number of ether oxygens (including phenoxy) is 2. The first-order chi connectivity index (χ1) is 15.6. The zero-order chi connectivity index (χ0) is 22.5. The highest BCUT2D eigenvalue weighted by atomic mass is 16.5. The standard InChI is InChI=1S/C23H28N4O5/c1-3-31-22(28)20-16(24-23(29)25-21(20)19-9-6-14-32-19)15-26-10-12-27(13-11-26)17-7-4-5-8-18(17)30-2/h4-9,14,21H,3,10-13,15H2,1-2H3,(H2,24,25,29)/t21-/m1/s1. The van der Waals surface area contributed by atoms with Crippen LogP contribution in [0.15, 0.2) is 58.3 Å². The van der Waals surface area contributed by atoms with E-state index in [1.165, 1.54) is 6.26 Å². The number of nitrogens with one attached hydrogen (secondary N) is 2. The van der Waals surface area contributed by atoms with Gasteiger partial charge in [0.15, 0.2) is 0 Å². The number of hydrogen-bond donors (Lipinski definition) is 2. The van der Waals surface area contributed by atoms with Gasteiger partial charge in [0.1, 0.15) is 17.6 Å². The van der Waals surface area contributed by atoms with Gasteiger partial charge in [-0.05, 0) is 31.2 Å². The number of nitrogens with zero attached hydrogens (tertiary/aromatic N) is 2. The lowest BCUT2D eigenvalue weighted by Crippen LogP contribution is -2.51. The van der Waals surface area contributed by atoms with Gasteiger partial charge in [0, 0.05) is 38.4 Å². The summed E-state index contributed by atoms with van der Waals surface area (Å²) in [4.78, 5) is 29.7. The average Bonchev–Trinajstić information content (AvgIpc) is 3.34. The lowest BCUT2D eigenvalue weighted by molar-refractivity contribution is -0.139. The van der Waals surface area contributed by atoms with Crippen molar-refractivity contribution in [3.05, 3.63) is 59.7 Å². The third-order valence-electron chi connectivity index (χ3n) is 5.66. The summed E-state index contributed by atoms with van der Waals surface area (Å²) < 4.78 is 16.3. The van der Waals surface area contributed by atoms with E-state index in [0.717, 1.165) is 37.6 Å². The van der Waals surface area contributed by atoms with Gasteiger partial charge >= 0.3 is 12.0 Å². The number of para-hydroxylation sites is 2. The van der Waals surface area contributed by atoms with E-state index in [1.54, 1.807) is 26.2 Å². The zero-order valence-corrected chi connectivity index (χ0v) is 18.3. The minimum atomic E-state index is -0.692. The molecule has 1 saturated heterocycles. The molecular formula is C23H28N4O5. The van der Waals surface area contributed by atoms with Crippen molar-refractivity contribution in [2.45, 2.75) is 13.0 Å². The topological polar surface area (TPSA) is 96.3 Å². The number of rotatable bonds is 7. The van der Waals surface area contributed by atoms with E-state index < -0.39 is 12.0 Å². The van der Waals surface area contributed by atoms with Crippen LogP contribution >= 0.6 is 0 Å². The maximum atomic E-state index is 12.8. The molecule has 2 aliphatic heterocycles. The monoisotopic (exact) mass is 440 g/mol. The summed E-state index contributed by atoms with van der Waals surface area (Å²) in [6.45, 7) is 5.57. The summed E-state index contributed by atoms with van der Waals surface area (Å²) in [7, 11) is 1.67. The van der Waals surface area contributed by atoms with Gasteiger partial charge in [-0.25, -0.2) is 9.59 Å². The van der Waals surface area contributed by atoms with Gasteiger partial charge in [0.2, 0.25) is 0 Å². The van der Waals surface area contributed by atoms with Crippen LogP contribution in [0, 0.1) is 0 Å². The predicted octanol–water partition coefficient (Wildman–Crippen LogP) is 2.28. The van der Waals surface area contributed by atoms with Crippen LogP contribution in [-0.2, 0) is 9.53 Å². The highest BCUT2D eigenvalue weighted by molar-refractivity contribution is 5.95. The molecule has 9 nitrogen and oxygen atoms in total. The van der Waals surface area contributed by atoms with Gasteiger partial charge in [0.05, 0.1) is 31.2 Å². The number of benzene rings is 1. The zero-order valence-electron chi connectivity index (χ0n) is 18.3. The van der Waals surface area contributed by atoms with E-state index >= 15 is 0 Å². The number of anilines is 1. The summed E-state index contributed by atoms with van der Waals surface area (Å²) in [5.74, 6) is 0.866. The molecule has 4 rings (SSSR count). The van der Waals surface area contributed by atoms with Crippen molar-refractivity contribution in [3.8, 4) is 5.75 Å². The number of furan rings is 1. The Balaban J connectivity index is 1.52. The second kappa shape index (κ2) is 9.78. The van der Waals surface area contributed by atoms with Gasteiger partial charge in [-0.1, -0.05) is 12.1 Å². The van der Waals surface area contributed by atoms with E-state index in [0.29, 0.717) is 23.6 Å². The molecule has 0 aliphatic carbocycles. The lowest BCUT2D eigenvalue weighted by atomic mass is 9.99. The molecule has 1 aromatic heterocycles. The van der Waals surface area contributed by atoms with Gasteiger partial charge in [0.25, 0.3) is 0 Å². The molecule has 2 N–H and O–H groups in total. The highest BCUT2D eigenvalue weighted by Crippen LogP contribution is 2.30. The second-order valence-electron chi connectivity index (χ2n) is 7.59. The van der Waals surface area contributed by atoms with Crippen LogP contribution in [0.2, 0.25) is 0 Å². The largest absolute Gasteiger partial charge is 0.495 e. The molecule has 2 aromatic rings. The lowest BCUT2D eigenvalue weighted by Gasteiger charge is -2.38. The number of carbonyl (C=O) groups is 2. The van der Waals surface area contributed by atoms with Crippen LogP contribution in [-0.4, -0.2) is 63.3 Å². The SMILES string of the molecule is CCOC(=O)C1=C(CN2CCN(c3ccccc3OC)CC2)NC(=O)N[C@@H]1c1ccco1. The molecule has 1 fully saturated rings. The maximum Gasteiger partial charge on any atom is 0.338 e. The number of hydrogen-bond acceptors (Lipinski definition) is 7. The molecule has 0 bridgehead atoms. The molecular weight excluding hydrogens is 412 g/mol. The van der Waals surface area contributed by atoms with E-state index in [2.05, 4.69) is 26.5 Å². The minimum Gasteiger partial charge on any atom is -0.495 e. The van der Waals surface area contributed by atoms with E-state index in [4.69, 9.17) is 13.9 Å². The van der Waals surface area contributed by atoms with Gasteiger partial charge in [-0.3, -0.25) is 4.90 Å². The number of esters is 1. The maximum absolute atomic E-state index is 12.8. The van der Waals surface area contributed by atoms with Crippen LogP contribution in [0.3, 0.4) is 0 Å². The van der Waals surface area contributed by atoms with Crippen LogP contribution < -0.4 is 20.3 Å². The molecule has 9 heteroatoms. The summed E-state index contributed by atoms with van der Waals surface area (Å²) in [6.07, 6.45) is 1.52. The van der Waals surface area contributed by atoms with Gasteiger partial charge in [-0.2, -0.15) is 0 Å². The Hall–Kier alpha value is -3.46. The Kier molecular flexibility index (Phi) is 6.65. The fourth-order valence-electron chi connectivity index (χ4n) is 4.12. The summed E-state index contributed by atoms with van der Waals surface area (Å²) in [6, 6.07) is 10.4. The Bertz CT molecular complexity index is 980. The number of urea groups is 1. The molecule has 32 heavy (non-hydrogen) atoms. The normalized spacial score (nSPS) is 19.4. The molecule has 1 atom stereocenters. The molecule has 170 valence electrons. The van der Waals surface area contributed by atoms with E-state index in [1.807, 2.05) is 18.2 Å². The Morgan fingerprint density at radius 1 is 1.16 bits per heavy atom. The Morgan fingerprint density at radius 2 is 1.94 bits per heavy atom. The first-order valence-electron chi connectivity index (χ1n) is 10.7. The molecule has 0 radical (unpaired) electrons. The first-order valence-corrected chi connectivity index (χ1v) is 10.7. The molecule has 2 aliphatic rings. The second-order valence-corrected chi connectivity index (χ2v) is 7.59. The molecule has 0 saturated carbocycles.